The van der Waals surface area contributed by atoms with Gasteiger partial charge in [-0.2, -0.15) is 8.42 Å². The van der Waals surface area contributed by atoms with Crippen LogP contribution in [0.1, 0.15) is 5.56 Å². The normalized spacial score (nSPS) is 12.9. The first-order valence-electron chi connectivity index (χ1n) is 4.61. The second-order valence-electron chi connectivity index (χ2n) is 3.44. The molecule has 0 aliphatic heterocycles. The summed E-state index contributed by atoms with van der Waals surface area (Å²) in [6.45, 7) is 0.0216. The summed E-state index contributed by atoms with van der Waals surface area (Å²) in [6.07, 6.45) is 1.62. The molecule has 6 heteroatoms. The van der Waals surface area contributed by atoms with Crippen LogP contribution in [0.3, 0.4) is 0 Å². The Balaban J connectivity index is 0.00000225. The van der Waals surface area contributed by atoms with Crippen LogP contribution in [-0.2, 0) is 20.7 Å². The molecule has 4 nitrogen and oxygen atoms in total. The maximum atomic E-state index is 10.7. The lowest BCUT2D eigenvalue weighted by Gasteiger charge is -2.10. The molecule has 0 fully saturated rings. The molecule has 92 valence electrons. The molecule has 0 heterocycles. The van der Waals surface area contributed by atoms with E-state index in [1.54, 1.807) is 0 Å². The molecule has 0 spiro atoms. The van der Waals surface area contributed by atoms with Crippen molar-refractivity contribution in [3.63, 3.8) is 0 Å². The number of hydrogen-bond donors (Lipinski definition) is 1. The van der Waals surface area contributed by atoms with Crippen molar-refractivity contribution in [2.75, 3.05) is 12.9 Å². The van der Waals surface area contributed by atoms with E-state index in [0.717, 1.165) is 11.8 Å². The van der Waals surface area contributed by atoms with E-state index in [-0.39, 0.29) is 25.1 Å². The van der Waals surface area contributed by atoms with Gasteiger partial charge in [-0.25, -0.2) is 0 Å². The second-order valence-corrected chi connectivity index (χ2v) is 5.08. The molecule has 0 aliphatic rings. The smallest absolute Gasteiger partial charge is 0.264 e. The van der Waals surface area contributed by atoms with Gasteiger partial charge >= 0.3 is 0 Å². The summed E-state index contributed by atoms with van der Waals surface area (Å²) in [5.41, 5.74) is 6.79. The maximum absolute atomic E-state index is 10.7. The predicted octanol–water partition coefficient (Wildman–Crippen LogP) is 0.954. The third-order valence-electron chi connectivity index (χ3n) is 1.84. The van der Waals surface area contributed by atoms with Crippen LogP contribution < -0.4 is 5.73 Å². The van der Waals surface area contributed by atoms with E-state index in [2.05, 4.69) is 4.18 Å². The number of benzene rings is 1. The number of halogens is 1. The highest BCUT2D eigenvalue weighted by Crippen LogP contribution is 2.02. The highest BCUT2D eigenvalue weighted by Gasteiger charge is 2.08. The van der Waals surface area contributed by atoms with Crippen LogP contribution in [0.2, 0.25) is 0 Å². The van der Waals surface area contributed by atoms with Crippen LogP contribution in [0, 0.1) is 0 Å². The Morgan fingerprint density at radius 3 is 2.38 bits per heavy atom. The summed E-state index contributed by atoms with van der Waals surface area (Å²) in [4.78, 5) is 0. The molecule has 16 heavy (non-hydrogen) atoms. The molecule has 0 unspecified atom stereocenters. The van der Waals surface area contributed by atoms with Crippen molar-refractivity contribution in [3.8, 4) is 0 Å². The summed E-state index contributed by atoms with van der Waals surface area (Å²) in [5.74, 6) is 0. The molecule has 0 radical (unpaired) electrons. The summed E-state index contributed by atoms with van der Waals surface area (Å²) in [5, 5.41) is 0. The Labute approximate surface area is 102 Å². The van der Waals surface area contributed by atoms with Gasteiger partial charge in [-0.1, -0.05) is 30.3 Å². The fourth-order valence-electron chi connectivity index (χ4n) is 1.19. The van der Waals surface area contributed by atoms with Gasteiger partial charge in [0.2, 0.25) is 0 Å². The molecule has 0 aliphatic carbocycles. The van der Waals surface area contributed by atoms with E-state index in [9.17, 15) is 8.42 Å². The standard InChI is InChI=1S/C10H15NO3S.ClH/c1-15(12,13)14-8-10(11)7-9-5-3-2-4-6-9;/h2-6,10H,7-8,11H2,1H3;1H/t10-;/m1./s1. The van der Waals surface area contributed by atoms with Crippen molar-refractivity contribution in [1.29, 1.82) is 0 Å². The van der Waals surface area contributed by atoms with Crippen molar-refractivity contribution in [3.05, 3.63) is 35.9 Å². The Hall–Kier alpha value is -0.620. The van der Waals surface area contributed by atoms with Gasteiger partial charge < -0.3 is 5.73 Å². The molecular weight excluding hydrogens is 250 g/mol. The van der Waals surface area contributed by atoms with Gasteiger partial charge in [-0.3, -0.25) is 4.18 Å². The number of nitrogens with two attached hydrogens (primary N) is 1. The molecule has 2 N–H and O–H groups in total. The topological polar surface area (TPSA) is 69.4 Å². The molecule has 0 saturated carbocycles. The quantitative estimate of drug-likeness (QED) is 0.805. The van der Waals surface area contributed by atoms with Gasteiger partial charge in [0.1, 0.15) is 0 Å². The summed E-state index contributed by atoms with van der Waals surface area (Å²) < 4.78 is 26.0. The van der Waals surface area contributed by atoms with Crippen LogP contribution in [0.5, 0.6) is 0 Å². The molecule has 0 saturated heterocycles. The van der Waals surface area contributed by atoms with Crippen LogP contribution in [0.4, 0.5) is 0 Å². The van der Waals surface area contributed by atoms with Gasteiger partial charge in [0.05, 0.1) is 12.9 Å². The maximum Gasteiger partial charge on any atom is 0.264 e. The predicted molar refractivity (Wildman–Crippen MR) is 66.2 cm³/mol. The third-order valence-corrected chi connectivity index (χ3v) is 2.40. The molecule has 0 bridgehead atoms. The van der Waals surface area contributed by atoms with Crippen molar-refractivity contribution in [2.45, 2.75) is 12.5 Å². The van der Waals surface area contributed by atoms with Crippen LogP contribution in [0.15, 0.2) is 30.3 Å². The molecule has 1 rings (SSSR count). The summed E-state index contributed by atoms with van der Waals surface area (Å²) in [7, 11) is -3.39. The fourth-order valence-corrected chi connectivity index (χ4v) is 1.61. The van der Waals surface area contributed by atoms with E-state index in [1.807, 2.05) is 30.3 Å². The van der Waals surface area contributed by atoms with Crippen molar-refractivity contribution >= 4 is 22.5 Å². The van der Waals surface area contributed by atoms with E-state index in [1.165, 1.54) is 0 Å². The first-order valence-corrected chi connectivity index (χ1v) is 6.43. The Bertz CT molecular complexity index is 394. The highest BCUT2D eigenvalue weighted by atomic mass is 35.5. The van der Waals surface area contributed by atoms with E-state index in [4.69, 9.17) is 5.73 Å². The monoisotopic (exact) mass is 265 g/mol. The van der Waals surface area contributed by atoms with Gasteiger partial charge in [0.15, 0.2) is 0 Å². The minimum atomic E-state index is -3.39. The molecule has 1 atom stereocenters. The van der Waals surface area contributed by atoms with Crippen molar-refractivity contribution in [1.82, 2.24) is 0 Å². The number of hydrogen-bond acceptors (Lipinski definition) is 4. The van der Waals surface area contributed by atoms with Gasteiger partial charge in [0, 0.05) is 6.04 Å². The first kappa shape index (κ1) is 15.4. The van der Waals surface area contributed by atoms with Crippen LogP contribution in [0.25, 0.3) is 0 Å². The first-order chi connectivity index (χ1) is 6.97. The molecule has 0 amide bonds. The van der Waals surface area contributed by atoms with E-state index >= 15 is 0 Å². The van der Waals surface area contributed by atoms with Crippen LogP contribution in [-0.4, -0.2) is 27.3 Å². The van der Waals surface area contributed by atoms with Gasteiger partial charge in [0.25, 0.3) is 10.1 Å². The lowest BCUT2D eigenvalue weighted by atomic mass is 10.1. The molecule has 1 aromatic rings. The zero-order chi connectivity index (χ0) is 11.3. The Morgan fingerprint density at radius 2 is 1.88 bits per heavy atom. The largest absolute Gasteiger partial charge is 0.325 e. The van der Waals surface area contributed by atoms with Gasteiger partial charge in [-0.05, 0) is 12.0 Å². The van der Waals surface area contributed by atoms with Crippen molar-refractivity contribution < 1.29 is 12.6 Å². The highest BCUT2D eigenvalue weighted by molar-refractivity contribution is 7.85. The molecular formula is C10H16ClNO3S. The zero-order valence-corrected chi connectivity index (χ0v) is 10.6. The van der Waals surface area contributed by atoms with Crippen molar-refractivity contribution in [2.24, 2.45) is 5.73 Å². The summed E-state index contributed by atoms with van der Waals surface area (Å²) in [6, 6.07) is 9.34. The van der Waals surface area contributed by atoms with Crippen LogP contribution >= 0.6 is 12.4 Å². The molecule has 1 aromatic carbocycles. The SMILES string of the molecule is CS(=O)(=O)OC[C@H](N)Cc1ccccc1.Cl. The second kappa shape index (κ2) is 6.85. The minimum absolute atomic E-state index is 0. The summed E-state index contributed by atoms with van der Waals surface area (Å²) >= 11 is 0. The number of rotatable bonds is 5. The average Bonchev–Trinajstić information content (AvgIpc) is 2.15. The average molecular weight is 266 g/mol. The lowest BCUT2D eigenvalue weighted by Crippen LogP contribution is -2.29. The zero-order valence-electron chi connectivity index (χ0n) is 9.00. The lowest BCUT2D eigenvalue weighted by molar-refractivity contribution is 0.293. The fraction of sp³-hybridized carbons (Fsp3) is 0.400. The van der Waals surface area contributed by atoms with E-state index < -0.39 is 10.1 Å². The van der Waals surface area contributed by atoms with Gasteiger partial charge in [-0.15, -0.1) is 12.4 Å². The third kappa shape index (κ3) is 6.79. The van der Waals surface area contributed by atoms with E-state index in [0.29, 0.717) is 6.42 Å². The Kier molecular flexibility index (Phi) is 6.59. The minimum Gasteiger partial charge on any atom is -0.325 e. The Morgan fingerprint density at radius 1 is 1.31 bits per heavy atom. The molecule has 0 aromatic heterocycles.